The number of amides is 4. The smallest absolute Gasteiger partial charge is 0.242 e. The minimum absolute atomic E-state index is 0.0225. The van der Waals surface area contributed by atoms with Gasteiger partial charge in [-0.3, -0.25) is 28.8 Å². The molecule has 51 heavy (non-hydrogen) atoms. The zero-order chi connectivity index (χ0) is 38.8. The SMILES string of the molecule is CCC.CCC(C)C(C(CC(=O)N1CCCC1C(OC)C(C)C(=O)NSc1ccc(NC)cc1)OC)N(C)C(=O)CNC(=O)C(C(C)C)N(C)C. The van der Waals surface area contributed by atoms with Gasteiger partial charge in [-0.15, -0.1) is 0 Å². The van der Waals surface area contributed by atoms with Crippen LogP contribution in [0.3, 0.4) is 0 Å². The maximum absolute atomic E-state index is 13.9. The van der Waals surface area contributed by atoms with E-state index in [-0.39, 0.29) is 60.5 Å². The molecule has 0 aromatic heterocycles. The third-order valence-corrected chi connectivity index (χ3v) is 10.4. The first kappa shape index (κ1) is 46.2. The van der Waals surface area contributed by atoms with Crippen LogP contribution in [-0.2, 0) is 28.7 Å². The van der Waals surface area contributed by atoms with Crippen molar-refractivity contribution in [3.63, 3.8) is 0 Å². The van der Waals surface area contributed by atoms with Crippen molar-refractivity contribution in [2.75, 3.05) is 60.8 Å². The van der Waals surface area contributed by atoms with E-state index in [1.165, 1.54) is 18.4 Å². The van der Waals surface area contributed by atoms with Crippen LogP contribution in [0.4, 0.5) is 5.69 Å². The van der Waals surface area contributed by atoms with Crippen LogP contribution in [0, 0.1) is 17.8 Å². The molecule has 1 aliphatic heterocycles. The van der Waals surface area contributed by atoms with Gasteiger partial charge in [-0.05, 0) is 75.0 Å². The molecular weight excluding hydrogens is 669 g/mol. The van der Waals surface area contributed by atoms with Gasteiger partial charge in [0.1, 0.15) is 0 Å². The summed E-state index contributed by atoms with van der Waals surface area (Å²) in [4.78, 5) is 59.6. The van der Waals surface area contributed by atoms with Crippen molar-refractivity contribution in [1.82, 2.24) is 24.7 Å². The Bertz CT molecular complexity index is 1190. The molecule has 12 nitrogen and oxygen atoms in total. The Hall–Kier alpha value is -2.87. The summed E-state index contributed by atoms with van der Waals surface area (Å²) in [5.74, 6) is -1.14. The number of anilines is 1. The number of nitrogens with zero attached hydrogens (tertiary/aromatic N) is 3. The second kappa shape index (κ2) is 23.6. The first-order valence-corrected chi connectivity index (χ1v) is 19.2. The van der Waals surface area contributed by atoms with Crippen LogP contribution in [0.5, 0.6) is 0 Å². The molecule has 2 rings (SSSR count). The summed E-state index contributed by atoms with van der Waals surface area (Å²) in [5.41, 5.74) is 0.984. The van der Waals surface area contributed by atoms with Crippen molar-refractivity contribution in [1.29, 1.82) is 0 Å². The lowest BCUT2D eigenvalue weighted by Crippen LogP contribution is -2.55. The molecule has 7 atom stereocenters. The fourth-order valence-electron chi connectivity index (χ4n) is 6.74. The molecule has 1 saturated heterocycles. The van der Waals surface area contributed by atoms with Gasteiger partial charge in [0.15, 0.2) is 0 Å². The van der Waals surface area contributed by atoms with E-state index in [2.05, 4.69) is 29.2 Å². The van der Waals surface area contributed by atoms with Crippen molar-refractivity contribution in [2.45, 2.75) is 116 Å². The van der Waals surface area contributed by atoms with Gasteiger partial charge in [-0.25, -0.2) is 0 Å². The summed E-state index contributed by atoms with van der Waals surface area (Å²) in [7, 11) is 10.4. The average molecular weight is 737 g/mol. The molecule has 1 aliphatic rings. The highest BCUT2D eigenvalue weighted by Crippen LogP contribution is 2.30. The third kappa shape index (κ3) is 13.9. The molecule has 0 saturated carbocycles. The highest BCUT2D eigenvalue weighted by Gasteiger charge is 2.42. The van der Waals surface area contributed by atoms with Gasteiger partial charge in [-0.1, -0.05) is 61.3 Å². The van der Waals surface area contributed by atoms with Crippen LogP contribution >= 0.6 is 11.9 Å². The molecule has 0 spiro atoms. The van der Waals surface area contributed by atoms with Crippen LogP contribution in [-0.4, -0.2) is 124 Å². The summed E-state index contributed by atoms with van der Waals surface area (Å²) in [6.45, 7) is 14.5. The Morgan fingerprint density at radius 1 is 0.961 bits per heavy atom. The monoisotopic (exact) mass is 736 g/mol. The molecular formula is C38H68N6O6S. The van der Waals surface area contributed by atoms with Crippen LogP contribution in [0.1, 0.15) is 80.6 Å². The zero-order valence-corrected chi connectivity index (χ0v) is 34.4. The number of hydrogen-bond donors (Lipinski definition) is 3. The van der Waals surface area contributed by atoms with E-state index in [9.17, 15) is 19.2 Å². The fraction of sp³-hybridized carbons (Fsp3) is 0.737. The van der Waals surface area contributed by atoms with Gasteiger partial charge >= 0.3 is 0 Å². The average Bonchev–Trinajstić information content (AvgIpc) is 3.59. The lowest BCUT2D eigenvalue weighted by atomic mass is 9.90. The Balaban J connectivity index is 0.00000418. The van der Waals surface area contributed by atoms with Gasteiger partial charge in [0.2, 0.25) is 23.6 Å². The summed E-state index contributed by atoms with van der Waals surface area (Å²) in [6, 6.07) is 6.72. The first-order chi connectivity index (χ1) is 24.1. The number of carbonyl (C=O) groups excluding carboxylic acids is 4. The standard InChI is InChI=1S/C35H60N6O6S.C3H8/c1-12-23(4)32(40(9)30(43)21-37-35(45)31(22(2)3)39(7)8)28(46-10)20-29(42)41-19-13-14-27(41)33(47-11)24(5)34(44)38-48-26-17-15-25(36-6)16-18-26;1-3-2/h15-18,22-24,27-28,31-33,36H,12-14,19-21H2,1-11H3,(H,37,45)(H,38,44);3H2,1-2H3. The van der Waals surface area contributed by atoms with Gasteiger partial charge in [-0.2, -0.15) is 0 Å². The number of nitrogens with one attached hydrogen (secondary N) is 3. The van der Waals surface area contributed by atoms with E-state index < -0.39 is 24.2 Å². The van der Waals surface area contributed by atoms with E-state index in [0.29, 0.717) is 6.54 Å². The number of rotatable bonds is 19. The molecule has 4 amide bonds. The zero-order valence-electron chi connectivity index (χ0n) is 33.6. The van der Waals surface area contributed by atoms with Crippen molar-refractivity contribution in [3.05, 3.63) is 24.3 Å². The van der Waals surface area contributed by atoms with Gasteiger partial charge in [0.05, 0.1) is 49.2 Å². The molecule has 1 aromatic carbocycles. The van der Waals surface area contributed by atoms with Gasteiger partial charge in [0, 0.05) is 45.4 Å². The minimum Gasteiger partial charge on any atom is -0.388 e. The molecule has 0 aliphatic carbocycles. The lowest BCUT2D eigenvalue weighted by Gasteiger charge is -2.39. The van der Waals surface area contributed by atoms with Crippen molar-refractivity contribution in [2.24, 2.45) is 17.8 Å². The van der Waals surface area contributed by atoms with Crippen LogP contribution in [0.2, 0.25) is 0 Å². The number of likely N-dealkylation sites (tertiary alicyclic amines) is 1. The number of hydrogen-bond acceptors (Lipinski definition) is 9. The molecule has 3 N–H and O–H groups in total. The molecule has 0 radical (unpaired) electrons. The second-order valence-corrected chi connectivity index (χ2v) is 14.9. The molecule has 1 aromatic rings. The predicted octanol–water partition coefficient (Wildman–Crippen LogP) is 4.89. The lowest BCUT2D eigenvalue weighted by molar-refractivity contribution is -0.145. The topological polar surface area (TPSA) is 133 Å². The highest BCUT2D eigenvalue weighted by molar-refractivity contribution is 7.98. The van der Waals surface area contributed by atoms with Crippen LogP contribution in [0.15, 0.2) is 29.2 Å². The molecule has 292 valence electrons. The van der Waals surface area contributed by atoms with Crippen LogP contribution < -0.4 is 15.4 Å². The van der Waals surface area contributed by atoms with E-state index in [1.54, 1.807) is 26.2 Å². The maximum atomic E-state index is 13.9. The largest absolute Gasteiger partial charge is 0.388 e. The third-order valence-electron chi connectivity index (χ3n) is 9.59. The van der Waals surface area contributed by atoms with E-state index in [0.717, 1.165) is 29.8 Å². The normalized spacial score (nSPS) is 17.8. The maximum Gasteiger partial charge on any atom is 0.242 e. The van der Waals surface area contributed by atoms with E-state index in [1.807, 2.05) is 89.8 Å². The molecule has 7 unspecified atom stereocenters. The molecule has 1 heterocycles. The van der Waals surface area contributed by atoms with Crippen molar-refractivity contribution >= 4 is 41.3 Å². The summed E-state index contributed by atoms with van der Waals surface area (Å²) in [5, 5.41) is 5.89. The number of likely N-dealkylation sites (N-methyl/N-ethyl adjacent to an activating group) is 2. The Morgan fingerprint density at radius 2 is 1.57 bits per heavy atom. The number of ether oxygens (including phenoxy) is 2. The van der Waals surface area contributed by atoms with Gasteiger partial charge < -0.3 is 29.9 Å². The van der Waals surface area contributed by atoms with Crippen molar-refractivity contribution < 1.29 is 28.7 Å². The summed E-state index contributed by atoms with van der Waals surface area (Å²) < 4.78 is 14.7. The van der Waals surface area contributed by atoms with Crippen molar-refractivity contribution in [3.8, 4) is 0 Å². The number of carbonyl (C=O) groups is 4. The highest BCUT2D eigenvalue weighted by atomic mass is 32.2. The second-order valence-electron chi connectivity index (χ2n) is 14.1. The summed E-state index contributed by atoms with van der Waals surface area (Å²) >= 11 is 1.25. The Labute approximate surface area is 312 Å². The molecule has 0 bridgehead atoms. The number of methoxy groups -OCH3 is 2. The first-order valence-electron chi connectivity index (χ1n) is 18.4. The van der Waals surface area contributed by atoms with E-state index >= 15 is 0 Å². The number of benzene rings is 1. The Kier molecular flexibility index (Phi) is 21.4. The predicted molar refractivity (Wildman–Crippen MR) is 207 cm³/mol. The summed E-state index contributed by atoms with van der Waals surface area (Å²) in [6.07, 6.45) is 2.52. The van der Waals surface area contributed by atoms with Crippen LogP contribution in [0.25, 0.3) is 0 Å². The molecule has 1 fully saturated rings. The minimum atomic E-state index is -0.573. The Morgan fingerprint density at radius 3 is 2.06 bits per heavy atom. The molecule has 13 heteroatoms. The van der Waals surface area contributed by atoms with Gasteiger partial charge in [0.25, 0.3) is 0 Å². The fourth-order valence-corrected chi connectivity index (χ4v) is 7.42. The quantitative estimate of drug-likeness (QED) is 0.170. The van der Waals surface area contributed by atoms with E-state index in [4.69, 9.17) is 9.47 Å².